The van der Waals surface area contributed by atoms with Gasteiger partial charge in [0.1, 0.15) is 6.61 Å². The Kier molecular flexibility index (Phi) is 31.8. The van der Waals surface area contributed by atoms with Gasteiger partial charge in [0.15, 0.2) is 6.10 Å². The standard InChI is InChI=1S/C35H68NO8P/c1-3-5-7-9-11-13-15-17-19-21-23-25-27-34(37)41-31-33(32-43-45(39,40)42-30-29-36)44-35(38)28-26-24-22-20-18-16-14-12-10-8-6-4-2/h11,13,33H,3-10,12,14-32,36H2,1-2H3,(H,39,40)/b13-11+/t33-/m1/s1. The molecule has 3 N–H and O–H groups in total. The molecule has 0 aromatic carbocycles. The summed E-state index contributed by atoms with van der Waals surface area (Å²) in [6.45, 7) is 3.68. The maximum Gasteiger partial charge on any atom is 0.472 e. The predicted molar refractivity (Wildman–Crippen MR) is 183 cm³/mol. The third kappa shape index (κ3) is 32.5. The van der Waals surface area contributed by atoms with Crippen LogP contribution in [0.4, 0.5) is 0 Å². The zero-order valence-corrected chi connectivity index (χ0v) is 29.8. The van der Waals surface area contributed by atoms with E-state index >= 15 is 0 Å². The molecule has 0 aliphatic rings. The molecule has 1 unspecified atom stereocenters. The van der Waals surface area contributed by atoms with Gasteiger partial charge in [0.05, 0.1) is 13.2 Å². The Labute approximate surface area is 275 Å². The molecule has 2 atom stereocenters. The van der Waals surface area contributed by atoms with Gasteiger partial charge in [-0.2, -0.15) is 0 Å². The number of carbonyl (C=O) groups is 2. The third-order valence-electron chi connectivity index (χ3n) is 7.65. The molecule has 0 saturated heterocycles. The van der Waals surface area contributed by atoms with Gasteiger partial charge in [-0.3, -0.25) is 18.6 Å². The second-order valence-electron chi connectivity index (χ2n) is 12.1. The molecule has 266 valence electrons. The van der Waals surface area contributed by atoms with Crippen LogP contribution in [-0.4, -0.2) is 49.3 Å². The summed E-state index contributed by atoms with van der Waals surface area (Å²) in [7, 11) is -4.36. The first-order chi connectivity index (χ1) is 21.8. The molecule has 0 aliphatic carbocycles. The quantitative estimate of drug-likeness (QED) is 0.0299. The van der Waals surface area contributed by atoms with Crippen molar-refractivity contribution in [3.8, 4) is 0 Å². The number of ether oxygens (including phenoxy) is 2. The third-order valence-corrected chi connectivity index (χ3v) is 8.64. The number of phosphoric acid groups is 1. The van der Waals surface area contributed by atoms with Crippen LogP contribution in [0, 0.1) is 0 Å². The molecule has 45 heavy (non-hydrogen) atoms. The van der Waals surface area contributed by atoms with E-state index in [2.05, 4.69) is 26.0 Å². The molecule has 0 saturated carbocycles. The van der Waals surface area contributed by atoms with E-state index in [0.717, 1.165) is 51.4 Å². The SMILES string of the molecule is CCCCC/C=C/CCCCCCCC(=O)OC[C@H](COP(=O)(O)OCCN)OC(=O)CCCCCCCCCCCCCC. The first kappa shape index (κ1) is 43.8. The molecule has 9 nitrogen and oxygen atoms in total. The van der Waals surface area contributed by atoms with E-state index in [0.29, 0.717) is 6.42 Å². The fraction of sp³-hybridized carbons (Fsp3) is 0.886. The summed E-state index contributed by atoms with van der Waals surface area (Å²) in [6.07, 6.45) is 29.5. The molecule has 10 heteroatoms. The highest BCUT2D eigenvalue weighted by Gasteiger charge is 2.25. The van der Waals surface area contributed by atoms with Crippen LogP contribution in [0.15, 0.2) is 12.2 Å². The second-order valence-corrected chi connectivity index (χ2v) is 13.5. The molecule has 0 aromatic heterocycles. The number of nitrogens with two attached hydrogens (primary N) is 1. The summed E-state index contributed by atoms with van der Waals surface area (Å²) in [4.78, 5) is 34.6. The summed E-state index contributed by atoms with van der Waals surface area (Å²) in [5.74, 6) is -0.836. The molecular weight excluding hydrogens is 593 g/mol. The highest BCUT2D eigenvalue weighted by molar-refractivity contribution is 7.47. The van der Waals surface area contributed by atoms with Crippen molar-refractivity contribution in [3.05, 3.63) is 12.2 Å². The van der Waals surface area contributed by atoms with Crippen LogP contribution >= 0.6 is 7.82 Å². The maximum absolute atomic E-state index is 12.5. The lowest BCUT2D eigenvalue weighted by atomic mass is 10.0. The van der Waals surface area contributed by atoms with Crippen molar-refractivity contribution in [2.24, 2.45) is 5.73 Å². The van der Waals surface area contributed by atoms with Crippen molar-refractivity contribution < 1.29 is 37.6 Å². The van der Waals surface area contributed by atoms with Crippen LogP contribution in [0.3, 0.4) is 0 Å². The Morgan fingerprint density at radius 2 is 1.09 bits per heavy atom. The summed E-state index contributed by atoms with van der Waals surface area (Å²) < 4.78 is 32.6. The lowest BCUT2D eigenvalue weighted by Crippen LogP contribution is -2.29. The number of allylic oxidation sites excluding steroid dienone is 2. The highest BCUT2D eigenvalue weighted by atomic mass is 31.2. The minimum atomic E-state index is -4.36. The zero-order valence-electron chi connectivity index (χ0n) is 28.9. The highest BCUT2D eigenvalue weighted by Crippen LogP contribution is 2.43. The van der Waals surface area contributed by atoms with Crippen LogP contribution in [-0.2, 0) is 32.7 Å². The largest absolute Gasteiger partial charge is 0.472 e. The van der Waals surface area contributed by atoms with Gasteiger partial charge >= 0.3 is 19.8 Å². The number of rotatable bonds is 34. The summed E-state index contributed by atoms with van der Waals surface area (Å²) in [5.41, 5.74) is 5.32. The monoisotopic (exact) mass is 661 g/mol. The van der Waals surface area contributed by atoms with Gasteiger partial charge in [0, 0.05) is 19.4 Å². The van der Waals surface area contributed by atoms with E-state index in [1.807, 2.05) is 0 Å². The van der Waals surface area contributed by atoms with E-state index in [1.165, 1.54) is 83.5 Å². The van der Waals surface area contributed by atoms with E-state index in [1.54, 1.807) is 0 Å². The van der Waals surface area contributed by atoms with Gasteiger partial charge in [-0.25, -0.2) is 4.57 Å². The van der Waals surface area contributed by atoms with Gasteiger partial charge in [0.2, 0.25) is 0 Å². The Balaban J connectivity index is 4.25. The van der Waals surface area contributed by atoms with Crippen LogP contribution in [0.25, 0.3) is 0 Å². The number of phosphoric ester groups is 1. The average Bonchev–Trinajstić information content (AvgIpc) is 3.02. The summed E-state index contributed by atoms with van der Waals surface area (Å²) >= 11 is 0. The first-order valence-electron chi connectivity index (χ1n) is 18.2. The minimum Gasteiger partial charge on any atom is -0.462 e. The van der Waals surface area contributed by atoms with Gasteiger partial charge < -0.3 is 20.1 Å². The van der Waals surface area contributed by atoms with Crippen molar-refractivity contribution in [2.75, 3.05) is 26.4 Å². The summed E-state index contributed by atoms with van der Waals surface area (Å²) in [6, 6.07) is 0. The van der Waals surface area contributed by atoms with E-state index in [4.69, 9.17) is 24.3 Å². The molecular formula is C35H68NO8P. The Hall–Kier alpha value is -1.25. The molecule has 0 rings (SSSR count). The summed E-state index contributed by atoms with van der Waals surface area (Å²) in [5, 5.41) is 0. The van der Waals surface area contributed by atoms with Crippen LogP contribution in [0.1, 0.15) is 168 Å². The molecule has 0 aliphatic heterocycles. The normalized spacial score (nSPS) is 13.6. The van der Waals surface area contributed by atoms with E-state index < -0.39 is 32.5 Å². The smallest absolute Gasteiger partial charge is 0.462 e. The fourth-order valence-corrected chi connectivity index (χ4v) is 5.69. The number of esters is 2. The van der Waals surface area contributed by atoms with E-state index in [-0.39, 0.29) is 32.6 Å². The van der Waals surface area contributed by atoms with Crippen LogP contribution in [0.5, 0.6) is 0 Å². The molecule has 0 aromatic rings. The number of unbranched alkanes of at least 4 members (excludes halogenated alkanes) is 19. The molecule has 0 bridgehead atoms. The van der Waals surface area contributed by atoms with Crippen molar-refractivity contribution >= 4 is 19.8 Å². The van der Waals surface area contributed by atoms with Crippen molar-refractivity contribution in [1.82, 2.24) is 0 Å². The molecule has 0 radical (unpaired) electrons. The fourth-order valence-electron chi connectivity index (χ4n) is 4.92. The molecule has 0 amide bonds. The molecule has 0 spiro atoms. The Morgan fingerprint density at radius 3 is 1.62 bits per heavy atom. The van der Waals surface area contributed by atoms with Gasteiger partial charge in [-0.15, -0.1) is 0 Å². The number of carbonyl (C=O) groups excluding carboxylic acids is 2. The molecule has 0 fully saturated rings. The minimum absolute atomic E-state index is 0.0547. The lowest BCUT2D eigenvalue weighted by molar-refractivity contribution is -0.161. The topological polar surface area (TPSA) is 134 Å². The van der Waals surface area contributed by atoms with Gasteiger partial charge in [-0.05, 0) is 38.5 Å². The van der Waals surface area contributed by atoms with Gasteiger partial charge in [0.25, 0.3) is 0 Å². The van der Waals surface area contributed by atoms with Gasteiger partial charge in [-0.1, -0.05) is 129 Å². The molecule has 0 heterocycles. The van der Waals surface area contributed by atoms with E-state index in [9.17, 15) is 19.0 Å². The lowest BCUT2D eigenvalue weighted by Gasteiger charge is -2.19. The Bertz CT molecular complexity index is 764. The zero-order chi connectivity index (χ0) is 33.3. The predicted octanol–water partition coefficient (Wildman–Crippen LogP) is 9.49. The van der Waals surface area contributed by atoms with Crippen molar-refractivity contribution in [1.29, 1.82) is 0 Å². The number of hydrogen-bond acceptors (Lipinski definition) is 8. The van der Waals surface area contributed by atoms with Crippen LogP contribution < -0.4 is 5.73 Å². The van der Waals surface area contributed by atoms with Crippen molar-refractivity contribution in [3.63, 3.8) is 0 Å². The Morgan fingerprint density at radius 1 is 0.644 bits per heavy atom. The maximum atomic E-state index is 12.5. The number of hydrogen-bond donors (Lipinski definition) is 2. The average molecular weight is 662 g/mol. The van der Waals surface area contributed by atoms with Crippen molar-refractivity contribution in [2.45, 2.75) is 174 Å². The first-order valence-corrected chi connectivity index (χ1v) is 19.7. The van der Waals surface area contributed by atoms with Crippen LogP contribution in [0.2, 0.25) is 0 Å². The second kappa shape index (κ2) is 32.7.